The maximum absolute atomic E-state index is 12.6. The Kier molecular flexibility index (Phi) is 5.95. The zero-order valence-electron chi connectivity index (χ0n) is 14.0. The molecule has 3 aliphatic heterocycles. The molecule has 0 saturated carbocycles. The van der Waals surface area contributed by atoms with Gasteiger partial charge in [0.1, 0.15) is 0 Å². The average Bonchev–Trinajstić information content (AvgIpc) is 2.86. The van der Waals surface area contributed by atoms with E-state index in [2.05, 4.69) is 33.8 Å². The fraction of sp³-hybridized carbons (Fsp3) is 0.667. The third-order valence-electron chi connectivity index (χ3n) is 4.89. The number of nitrogens with zero attached hydrogens (tertiary/aromatic N) is 3. The van der Waals surface area contributed by atoms with Crippen molar-refractivity contribution >= 4 is 17.7 Å². The van der Waals surface area contributed by atoms with Crippen LogP contribution in [0.15, 0.2) is 24.4 Å². The Morgan fingerprint density at radius 3 is 3.00 bits per heavy atom. The minimum atomic E-state index is 0.361. The number of hydrogen-bond acceptors (Lipinski definition) is 4. The van der Waals surface area contributed by atoms with E-state index in [9.17, 15) is 4.79 Å². The first kappa shape index (κ1) is 16.8. The molecule has 2 bridgehead atoms. The number of aromatic nitrogens is 1. The highest BCUT2D eigenvalue weighted by molar-refractivity contribution is 7.99. The van der Waals surface area contributed by atoms with Crippen LogP contribution in [0.25, 0.3) is 0 Å². The van der Waals surface area contributed by atoms with Gasteiger partial charge >= 0.3 is 0 Å². The summed E-state index contributed by atoms with van der Waals surface area (Å²) in [6, 6.07) is 6.51. The van der Waals surface area contributed by atoms with Gasteiger partial charge in [0.2, 0.25) is 5.91 Å². The van der Waals surface area contributed by atoms with Gasteiger partial charge < -0.3 is 4.90 Å². The van der Waals surface area contributed by atoms with Gasteiger partial charge in [-0.25, -0.2) is 0 Å². The molecule has 3 fully saturated rings. The van der Waals surface area contributed by atoms with E-state index in [0.717, 1.165) is 49.8 Å². The topological polar surface area (TPSA) is 36.4 Å². The second kappa shape index (κ2) is 8.15. The van der Waals surface area contributed by atoms with Gasteiger partial charge in [-0.1, -0.05) is 13.0 Å². The number of amides is 1. The molecule has 4 heterocycles. The molecule has 0 radical (unpaired) electrons. The van der Waals surface area contributed by atoms with Gasteiger partial charge in [0.05, 0.1) is 5.69 Å². The van der Waals surface area contributed by atoms with E-state index < -0.39 is 0 Å². The third-order valence-corrected chi connectivity index (χ3v) is 5.79. The molecule has 0 aromatic carbocycles. The number of pyridine rings is 1. The molecule has 3 saturated heterocycles. The van der Waals surface area contributed by atoms with Gasteiger partial charge in [-0.2, -0.15) is 11.8 Å². The molecule has 0 N–H and O–H groups in total. The molecule has 5 heteroatoms. The largest absolute Gasteiger partial charge is 0.338 e. The number of rotatable bonds is 6. The highest BCUT2D eigenvalue weighted by Crippen LogP contribution is 2.29. The minimum absolute atomic E-state index is 0.361. The zero-order valence-corrected chi connectivity index (χ0v) is 14.8. The van der Waals surface area contributed by atoms with Crippen molar-refractivity contribution in [3.8, 4) is 0 Å². The second-order valence-corrected chi connectivity index (χ2v) is 8.00. The van der Waals surface area contributed by atoms with Crippen molar-refractivity contribution in [3.63, 3.8) is 0 Å². The lowest BCUT2D eigenvalue weighted by Gasteiger charge is -2.36. The van der Waals surface area contributed by atoms with Gasteiger partial charge in [0.15, 0.2) is 0 Å². The van der Waals surface area contributed by atoms with Crippen molar-refractivity contribution in [2.24, 2.45) is 5.92 Å². The van der Waals surface area contributed by atoms with Crippen LogP contribution in [0.3, 0.4) is 0 Å². The molecule has 4 nitrogen and oxygen atoms in total. The molecular formula is C18H27N3OS. The van der Waals surface area contributed by atoms with Gasteiger partial charge in [0.25, 0.3) is 0 Å². The summed E-state index contributed by atoms with van der Waals surface area (Å²) in [4.78, 5) is 21.7. The zero-order chi connectivity index (χ0) is 16.1. The lowest BCUT2D eigenvalue weighted by atomic mass is 9.95. The Morgan fingerprint density at radius 1 is 1.30 bits per heavy atom. The van der Waals surface area contributed by atoms with E-state index in [1.807, 2.05) is 24.0 Å². The molecule has 0 unspecified atom stereocenters. The Hall–Kier alpha value is -1.07. The molecule has 1 aromatic rings. The van der Waals surface area contributed by atoms with Crippen LogP contribution in [0, 0.1) is 5.92 Å². The first-order chi connectivity index (χ1) is 11.3. The van der Waals surface area contributed by atoms with Crippen molar-refractivity contribution in [1.82, 2.24) is 14.8 Å². The summed E-state index contributed by atoms with van der Waals surface area (Å²) in [6.45, 7) is 6.11. The number of piperidine rings is 1. The summed E-state index contributed by atoms with van der Waals surface area (Å²) in [5.74, 6) is 3.04. The average molecular weight is 334 g/mol. The maximum Gasteiger partial charge on any atom is 0.223 e. The molecule has 126 valence electrons. The summed E-state index contributed by atoms with van der Waals surface area (Å²) in [5, 5.41) is 0. The van der Waals surface area contributed by atoms with Crippen LogP contribution >= 0.6 is 11.8 Å². The molecule has 0 spiro atoms. The van der Waals surface area contributed by atoms with Gasteiger partial charge in [-0.15, -0.1) is 0 Å². The van der Waals surface area contributed by atoms with Crippen LogP contribution in [0.1, 0.15) is 31.9 Å². The smallest absolute Gasteiger partial charge is 0.223 e. The van der Waals surface area contributed by atoms with Crippen LogP contribution in [0.4, 0.5) is 0 Å². The van der Waals surface area contributed by atoms with Crippen molar-refractivity contribution in [2.45, 2.75) is 38.8 Å². The highest BCUT2D eigenvalue weighted by atomic mass is 32.2. The summed E-state index contributed by atoms with van der Waals surface area (Å²) in [7, 11) is 0. The monoisotopic (exact) mass is 333 g/mol. The van der Waals surface area contributed by atoms with E-state index in [1.54, 1.807) is 0 Å². The summed E-state index contributed by atoms with van der Waals surface area (Å²) < 4.78 is 0. The SMILES string of the molecule is CCSCCC(=O)N1C[C@H]2CC[C@@H]1CN(Cc1ccccn1)C2. The number of carbonyl (C=O) groups excluding carboxylic acids is 1. The maximum atomic E-state index is 12.6. The van der Waals surface area contributed by atoms with Crippen molar-refractivity contribution in [3.05, 3.63) is 30.1 Å². The molecular weight excluding hydrogens is 306 g/mol. The molecule has 1 aromatic heterocycles. The van der Waals surface area contributed by atoms with Crippen molar-refractivity contribution < 1.29 is 4.79 Å². The van der Waals surface area contributed by atoms with Gasteiger partial charge in [-0.3, -0.25) is 14.7 Å². The number of thioether (sulfide) groups is 1. The van der Waals surface area contributed by atoms with E-state index in [1.165, 1.54) is 6.42 Å². The van der Waals surface area contributed by atoms with E-state index >= 15 is 0 Å². The van der Waals surface area contributed by atoms with E-state index in [4.69, 9.17) is 0 Å². The lowest BCUT2D eigenvalue weighted by molar-refractivity contribution is -0.134. The molecule has 23 heavy (non-hydrogen) atoms. The molecule has 0 aliphatic carbocycles. The van der Waals surface area contributed by atoms with Crippen LogP contribution in [0.5, 0.6) is 0 Å². The van der Waals surface area contributed by atoms with E-state index in [0.29, 0.717) is 24.3 Å². The van der Waals surface area contributed by atoms with Crippen LogP contribution in [0.2, 0.25) is 0 Å². The number of fused-ring (bicyclic) bond motifs is 4. The van der Waals surface area contributed by atoms with Crippen molar-refractivity contribution in [1.29, 1.82) is 0 Å². The standard InChI is InChI=1S/C18H27N3OS/c1-2-23-10-8-18(22)21-12-15-6-7-17(21)14-20(11-15)13-16-5-3-4-9-19-16/h3-5,9,15,17H,2,6-8,10-14H2,1H3/t15-,17+/m0/s1. The van der Waals surface area contributed by atoms with E-state index in [-0.39, 0.29) is 0 Å². The van der Waals surface area contributed by atoms with Crippen LogP contribution in [-0.4, -0.2) is 57.9 Å². The second-order valence-electron chi connectivity index (χ2n) is 6.61. The predicted octanol–water partition coefficient (Wildman–Crippen LogP) is 2.65. The first-order valence-corrected chi connectivity index (χ1v) is 9.91. The number of hydrogen-bond donors (Lipinski definition) is 0. The fourth-order valence-corrected chi connectivity index (χ4v) is 4.39. The predicted molar refractivity (Wildman–Crippen MR) is 95.4 cm³/mol. The lowest BCUT2D eigenvalue weighted by Crippen LogP contribution is -2.47. The Labute approximate surface area is 143 Å². The minimum Gasteiger partial charge on any atom is -0.338 e. The Morgan fingerprint density at radius 2 is 2.22 bits per heavy atom. The molecule has 2 atom stereocenters. The Bertz CT molecular complexity index is 510. The van der Waals surface area contributed by atoms with Gasteiger partial charge in [0, 0.05) is 50.6 Å². The normalized spacial score (nSPS) is 24.7. The summed E-state index contributed by atoms with van der Waals surface area (Å²) >= 11 is 1.86. The third kappa shape index (κ3) is 4.48. The fourth-order valence-electron chi connectivity index (χ4n) is 3.78. The molecule has 1 amide bonds. The van der Waals surface area contributed by atoms with Crippen LogP contribution < -0.4 is 0 Å². The molecule has 3 aliphatic rings. The molecule has 4 rings (SSSR count). The summed E-state index contributed by atoms with van der Waals surface area (Å²) in [6.07, 6.45) is 4.98. The number of carbonyl (C=O) groups is 1. The summed E-state index contributed by atoms with van der Waals surface area (Å²) in [5.41, 5.74) is 1.13. The van der Waals surface area contributed by atoms with Crippen molar-refractivity contribution in [2.75, 3.05) is 31.1 Å². The Balaban J connectivity index is 1.60. The highest BCUT2D eigenvalue weighted by Gasteiger charge is 2.36. The van der Waals surface area contributed by atoms with Crippen LogP contribution in [-0.2, 0) is 11.3 Å². The van der Waals surface area contributed by atoms with Gasteiger partial charge in [-0.05, 0) is 36.6 Å². The first-order valence-electron chi connectivity index (χ1n) is 8.75. The quantitative estimate of drug-likeness (QED) is 0.750.